The van der Waals surface area contributed by atoms with Gasteiger partial charge >= 0.3 is 0 Å². The first-order chi connectivity index (χ1) is 7.75. The molecule has 3 nitrogen and oxygen atoms in total. The molecule has 1 fully saturated rings. The molecule has 0 amide bonds. The predicted molar refractivity (Wildman–Crippen MR) is 66.7 cm³/mol. The normalized spacial score (nSPS) is 18.4. The molecule has 1 heterocycles. The summed E-state index contributed by atoms with van der Waals surface area (Å²) in [6, 6.07) is 0.676. The van der Waals surface area contributed by atoms with Crippen LogP contribution in [-0.4, -0.2) is 22.4 Å². The minimum Gasteiger partial charge on any atom is -0.314 e. The topological polar surface area (TPSA) is 29.9 Å². The Morgan fingerprint density at radius 1 is 1.62 bits per heavy atom. The molecule has 0 aliphatic heterocycles. The number of nitrogens with zero attached hydrogens (tertiary/aromatic N) is 2. The lowest BCUT2D eigenvalue weighted by atomic mass is 9.80. The minimum absolute atomic E-state index is 0.676. The zero-order valence-electron chi connectivity index (χ0n) is 9.82. The van der Waals surface area contributed by atoms with Gasteiger partial charge < -0.3 is 5.32 Å². The van der Waals surface area contributed by atoms with E-state index in [9.17, 15) is 0 Å². The van der Waals surface area contributed by atoms with Crippen LogP contribution >= 0.6 is 11.6 Å². The smallest absolute Gasteiger partial charge is 0.0785 e. The molecule has 0 saturated heterocycles. The molecule has 1 aliphatic rings. The van der Waals surface area contributed by atoms with Gasteiger partial charge in [-0.3, -0.25) is 4.68 Å². The van der Waals surface area contributed by atoms with Crippen molar-refractivity contribution in [3.63, 3.8) is 0 Å². The van der Waals surface area contributed by atoms with Crippen molar-refractivity contribution in [1.82, 2.24) is 15.1 Å². The Morgan fingerprint density at radius 2 is 2.44 bits per heavy atom. The van der Waals surface area contributed by atoms with Gasteiger partial charge in [-0.2, -0.15) is 5.10 Å². The molecule has 1 aliphatic carbocycles. The first-order valence-electron chi connectivity index (χ1n) is 6.17. The van der Waals surface area contributed by atoms with E-state index in [1.165, 1.54) is 19.3 Å². The first-order valence-corrected chi connectivity index (χ1v) is 6.55. The summed E-state index contributed by atoms with van der Waals surface area (Å²) in [5.41, 5.74) is 0. The van der Waals surface area contributed by atoms with Gasteiger partial charge in [-0.15, -0.1) is 0 Å². The molecule has 1 N–H and O–H groups in total. The number of rotatable bonds is 6. The van der Waals surface area contributed by atoms with Crippen LogP contribution in [0.2, 0.25) is 5.02 Å². The third kappa shape index (κ3) is 3.22. The van der Waals surface area contributed by atoms with Gasteiger partial charge in [0.05, 0.1) is 11.2 Å². The Kier molecular flexibility index (Phi) is 4.24. The summed E-state index contributed by atoms with van der Waals surface area (Å²) in [5.74, 6) is 0.916. The Balaban J connectivity index is 1.57. The van der Waals surface area contributed by atoms with Crippen LogP contribution in [0.1, 0.15) is 32.6 Å². The number of hydrogen-bond donors (Lipinski definition) is 1. The molecule has 90 valence electrons. The van der Waals surface area contributed by atoms with Crippen molar-refractivity contribution in [3.8, 4) is 0 Å². The third-order valence-electron chi connectivity index (χ3n) is 3.49. The minimum atomic E-state index is 0.676. The highest BCUT2D eigenvalue weighted by atomic mass is 35.5. The van der Waals surface area contributed by atoms with Crippen LogP contribution in [-0.2, 0) is 6.54 Å². The second-order valence-electron chi connectivity index (χ2n) is 4.71. The van der Waals surface area contributed by atoms with E-state index < -0.39 is 0 Å². The molecular weight excluding hydrogens is 222 g/mol. The molecule has 1 unspecified atom stereocenters. The molecule has 16 heavy (non-hydrogen) atoms. The van der Waals surface area contributed by atoms with E-state index in [-0.39, 0.29) is 0 Å². The lowest BCUT2D eigenvalue weighted by Gasteiger charge is -2.32. The van der Waals surface area contributed by atoms with Gasteiger partial charge in [0.1, 0.15) is 0 Å². The van der Waals surface area contributed by atoms with Crippen molar-refractivity contribution < 1.29 is 0 Å². The lowest BCUT2D eigenvalue weighted by Crippen LogP contribution is -2.37. The lowest BCUT2D eigenvalue weighted by molar-refractivity contribution is 0.240. The highest BCUT2D eigenvalue weighted by Crippen LogP contribution is 2.29. The van der Waals surface area contributed by atoms with E-state index in [0.29, 0.717) is 6.04 Å². The van der Waals surface area contributed by atoms with Crippen LogP contribution in [0.15, 0.2) is 12.4 Å². The molecular formula is C12H20ClN3. The SMILES string of the molecule is CC(NCCCn1cc(Cl)cn1)C1CCC1. The molecule has 1 atom stereocenters. The second kappa shape index (κ2) is 5.69. The van der Waals surface area contributed by atoms with Crippen LogP contribution in [0.25, 0.3) is 0 Å². The van der Waals surface area contributed by atoms with Gasteiger partial charge in [-0.1, -0.05) is 18.0 Å². The van der Waals surface area contributed by atoms with Gasteiger partial charge in [0.15, 0.2) is 0 Å². The van der Waals surface area contributed by atoms with Crippen molar-refractivity contribution in [1.29, 1.82) is 0 Å². The molecule has 2 rings (SSSR count). The monoisotopic (exact) mass is 241 g/mol. The summed E-state index contributed by atoms with van der Waals surface area (Å²) in [7, 11) is 0. The molecule has 0 bridgehead atoms. The number of nitrogens with one attached hydrogen (secondary N) is 1. The summed E-state index contributed by atoms with van der Waals surface area (Å²) < 4.78 is 1.90. The molecule has 1 aromatic heterocycles. The van der Waals surface area contributed by atoms with Crippen LogP contribution in [0.3, 0.4) is 0 Å². The van der Waals surface area contributed by atoms with E-state index in [4.69, 9.17) is 11.6 Å². The molecule has 0 spiro atoms. The van der Waals surface area contributed by atoms with Crippen molar-refractivity contribution in [3.05, 3.63) is 17.4 Å². The summed E-state index contributed by atoms with van der Waals surface area (Å²) in [6.07, 6.45) is 8.90. The zero-order chi connectivity index (χ0) is 11.4. The van der Waals surface area contributed by atoms with E-state index in [0.717, 1.165) is 30.5 Å². The van der Waals surface area contributed by atoms with Gasteiger partial charge in [-0.05, 0) is 38.6 Å². The molecule has 4 heteroatoms. The zero-order valence-corrected chi connectivity index (χ0v) is 10.6. The summed E-state index contributed by atoms with van der Waals surface area (Å²) in [5, 5.41) is 8.46. The summed E-state index contributed by atoms with van der Waals surface area (Å²) >= 11 is 5.79. The van der Waals surface area contributed by atoms with Gasteiger partial charge in [0, 0.05) is 18.8 Å². The Morgan fingerprint density at radius 3 is 3.00 bits per heavy atom. The summed E-state index contributed by atoms with van der Waals surface area (Å²) in [6.45, 7) is 4.31. The standard InChI is InChI=1S/C12H20ClN3/c1-10(11-4-2-5-11)14-6-3-7-16-9-12(13)8-15-16/h8-11,14H,2-7H2,1H3. The third-order valence-corrected chi connectivity index (χ3v) is 3.68. The molecule has 0 aromatic carbocycles. The van der Waals surface area contributed by atoms with Crippen LogP contribution in [0.4, 0.5) is 0 Å². The van der Waals surface area contributed by atoms with Crippen molar-refractivity contribution in [2.24, 2.45) is 5.92 Å². The van der Waals surface area contributed by atoms with Gasteiger partial charge in [0.25, 0.3) is 0 Å². The maximum absolute atomic E-state index is 5.79. The van der Waals surface area contributed by atoms with Crippen molar-refractivity contribution in [2.75, 3.05) is 6.54 Å². The molecule has 1 aromatic rings. The number of halogens is 1. The Hall–Kier alpha value is -0.540. The average Bonchev–Trinajstić information content (AvgIpc) is 2.56. The van der Waals surface area contributed by atoms with Crippen molar-refractivity contribution >= 4 is 11.6 Å². The predicted octanol–water partition coefficient (Wildman–Crippen LogP) is 2.70. The molecule has 1 saturated carbocycles. The highest BCUT2D eigenvalue weighted by Gasteiger charge is 2.22. The second-order valence-corrected chi connectivity index (χ2v) is 5.15. The van der Waals surface area contributed by atoms with Crippen LogP contribution < -0.4 is 5.32 Å². The largest absolute Gasteiger partial charge is 0.314 e. The number of aryl methyl sites for hydroxylation is 1. The summed E-state index contributed by atoms with van der Waals surface area (Å²) in [4.78, 5) is 0. The van der Waals surface area contributed by atoms with Gasteiger partial charge in [-0.25, -0.2) is 0 Å². The fourth-order valence-electron chi connectivity index (χ4n) is 2.14. The average molecular weight is 242 g/mol. The maximum atomic E-state index is 5.79. The van der Waals surface area contributed by atoms with E-state index in [2.05, 4.69) is 17.3 Å². The fourth-order valence-corrected chi connectivity index (χ4v) is 2.29. The Labute approximate surface area is 102 Å². The molecule has 0 radical (unpaired) electrons. The van der Waals surface area contributed by atoms with Crippen LogP contribution in [0.5, 0.6) is 0 Å². The van der Waals surface area contributed by atoms with Gasteiger partial charge in [0.2, 0.25) is 0 Å². The number of hydrogen-bond acceptors (Lipinski definition) is 2. The van der Waals surface area contributed by atoms with E-state index >= 15 is 0 Å². The van der Waals surface area contributed by atoms with Crippen LogP contribution in [0, 0.1) is 5.92 Å². The maximum Gasteiger partial charge on any atom is 0.0785 e. The quantitative estimate of drug-likeness (QED) is 0.777. The fraction of sp³-hybridized carbons (Fsp3) is 0.750. The van der Waals surface area contributed by atoms with Crippen molar-refractivity contribution in [2.45, 2.75) is 45.2 Å². The first kappa shape index (κ1) is 11.9. The van der Waals surface area contributed by atoms with E-state index in [1.54, 1.807) is 6.20 Å². The van der Waals surface area contributed by atoms with E-state index in [1.807, 2.05) is 10.9 Å². The number of aromatic nitrogens is 2. The Bertz CT molecular complexity index is 320. The highest BCUT2D eigenvalue weighted by molar-refractivity contribution is 6.30.